The lowest BCUT2D eigenvalue weighted by molar-refractivity contribution is 0.0525. The molecule has 3 aromatic rings. The third-order valence-electron chi connectivity index (χ3n) is 4.02. The van der Waals surface area contributed by atoms with E-state index in [0.717, 1.165) is 10.9 Å². The molecule has 0 spiro atoms. The summed E-state index contributed by atoms with van der Waals surface area (Å²) in [7, 11) is 0. The van der Waals surface area contributed by atoms with Gasteiger partial charge in [0.15, 0.2) is 11.5 Å². The zero-order valence-electron chi connectivity index (χ0n) is 15.0. The first kappa shape index (κ1) is 17.8. The molecule has 0 aliphatic rings. The molecular weight excluding hydrogens is 328 g/mol. The zero-order valence-corrected chi connectivity index (χ0v) is 15.0. The molecule has 134 valence electrons. The molecule has 4 heteroatoms. The molecule has 0 heterocycles. The van der Waals surface area contributed by atoms with Gasteiger partial charge in [-0.3, -0.25) is 0 Å². The van der Waals surface area contributed by atoms with E-state index in [0.29, 0.717) is 36.9 Å². The minimum Gasteiger partial charge on any atom is -0.490 e. The normalized spacial score (nSPS) is 10.5. The summed E-state index contributed by atoms with van der Waals surface area (Å²) < 4.78 is 16.7. The monoisotopic (exact) mass is 350 g/mol. The summed E-state index contributed by atoms with van der Waals surface area (Å²) in [5, 5.41) is 2.34. The fourth-order valence-electron chi connectivity index (χ4n) is 2.81. The number of carbonyl (C=O) groups is 1. The lowest BCUT2D eigenvalue weighted by Crippen LogP contribution is -2.06. The van der Waals surface area contributed by atoms with E-state index in [4.69, 9.17) is 14.2 Å². The number of hydrogen-bond donors (Lipinski definition) is 0. The Morgan fingerprint density at radius 1 is 0.846 bits per heavy atom. The standard InChI is InChI=1S/C22H22O4/c1-3-24-21-14-17(22(23)25-4-2)12-13-20(21)26-15-18-10-7-9-16-8-5-6-11-19(16)18/h5-14H,3-4,15H2,1-2H3. The molecular formula is C22H22O4. The maximum absolute atomic E-state index is 11.9. The van der Waals surface area contributed by atoms with Crippen LogP contribution in [0, 0.1) is 0 Å². The summed E-state index contributed by atoms with van der Waals surface area (Å²) in [4.78, 5) is 11.9. The highest BCUT2D eigenvalue weighted by atomic mass is 16.5. The minimum atomic E-state index is -0.367. The smallest absolute Gasteiger partial charge is 0.338 e. The number of carbonyl (C=O) groups excluding carboxylic acids is 1. The van der Waals surface area contributed by atoms with Gasteiger partial charge in [-0.1, -0.05) is 42.5 Å². The van der Waals surface area contributed by atoms with Crippen LogP contribution < -0.4 is 9.47 Å². The summed E-state index contributed by atoms with van der Waals surface area (Å²) in [5.74, 6) is 0.778. The van der Waals surface area contributed by atoms with Crippen LogP contribution in [0.25, 0.3) is 10.8 Å². The van der Waals surface area contributed by atoms with Gasteiger partial charge >= 0.3 is 5.97 Å². The molecule has 0 fully saturated rings. The van der Waals surface area contributed by atoms with E-state index in [1.807, 2.05) is 25.1 Å². The van der Waals surface area contributed by atoms with E-state index in [2.05, 4.69) is 24.3 Å². The predicted molar refractivity (Wildman–Crippen MR) is 102 cm³/mol. The van der Waals surface area contributed by atoms with Crippen molar-refractivity contribution in [1.29, 1.82) is 0 Å². The first-order valence-corrected chi connectivity index (χ1v) is 8.76. The van der Waals surface area contributed by atoms with Crippen LogP contribution in [0.15, 0.2) is 60.7 Å². The summed E-state index contributed by atoms with van der Waals surface area (Å²) in [6, 6.07) is 19.5. The SMILES string of the molecule is CCOC(=O)c1ccc(OCc2cccc3ccccc23)c(OCC)c1. The van der Waals surface area contributed by atoms with Crippen molar-refractivity contribution in [3.63, 3.8) is 0 Å². The highest BCUT2D eigenvalue weighted by molar-refractivity contribution is 5.90. The summed E-state index contributed by atoms with van der Waals surface area (Å²) in [5.41, 5.74) is 1.55. The van der Waals surface area contributed by atoms with Crippen LogP contribution in [0.5, 0.6) is 11.5 Å². The van der Waals surface area contributed by atoms with Crippen molar-refractivity contribution in [2.45, 2.75) is 20.5 Å². The fraction of sp³-hybridized carbons (Fsp3) is 0.227. The van der Waals surface area contributed by atoms with Gasteiger partial charge in [-0.05, 0) is 48.4 Å². The first-order valence-electron chi connectivity index (χ1n) is 8.76. The molecule has 3 aromatic carbocycles. The van der Waals surface area contributed by atoms with Crippen LogP contribution in [-0.4, -0.2) is 19.2 Å². The lowest BCUT2D eigenvalue weighted by atomic mass is 10.1. The Morgan fingerprint density at radius 2 is 1.65 bits per heavy atom. The van der Waals surface area contributed by atoms with Gasteiger partial charge in [0.05, 0.1) is 18.8 Å². The van der Waals surface area contributed by atoms with E-state index in [1.54, 1.807) is 25.1 Å². The Balaban J connectivity index is 1.83. The average Bonchev–Trinajstić information content (AvgIpc) is 2.67. The van der Waals surface area contributed by atoms with Crippen LogP contribution in [0.4, 0.5) is 0 Å². The largest absolute Gasteiger partial charge is 0.490 e. The van der Waals surface area contributed by atoms with Crippen molar-refractivity contribution in [1.82, 2.24) is 0 Å². The van der Waals surface area contributed by atoms with Crippen molar-refractivity contribution < 1.29 is 19.0 Å². The van der Waals surface area contributed by atoms with Crippen LogP contribution in [0.2, 0.25) is 0 Å². The van der Waals surface area contributed by atoms with Gasteiger partial charge in [0.25, 0.3) is 0 Å². The quantitative estimate of drug-likeness (QED) is 0.563. The Labute approximate surface area is 153 Å². The molecule has 0 amide bonds. The van der Waals surface area contributed by atoms with E-state index in [-0.39, 0.29) is 5.97 Å². The van der Waals surface area contributed by atoms with Crippen LogP contribution >= 0.6 is 0 Å². The van der Waals surface area contributed by atoms with Gasteiger partial charge in [-0.25, -0.2) is 4.79 Å². The molecule has 0 aliphatic carbocycles. The number of rotatable bonds is 7. The Morgan fingerprint density at radius 3 is 2.46 bits per heavy atom. The lowest BCUT2D eigenvalue weighted by Gasteiger charge is -2.14. The fourth-order valence-corrected chi connectivity index (χ4v) is 2.81. The third-order valence-corrected chi connectivity index (χ3v) is 4.02. The summed E-state index contributed by atoms with van der Waals surface area (Å²) in [6.07, 6.45) is 0. The van der Waals surface area contributed by atoms with Gasteiger partial charge in [0.1, 0.15) is 6.61 Å². The molecule has 0 aromatic heterocycles. The minimum absolute atomic E-state index is 0.335. The average molecular weight is 350 g/mol. The van der Waals surface area contributed by atoms with E-state index in [9.17, 15) is 4.79 Å². The molecule has 0 aliphatic heterocycles. The first-order chi connectivity index (χ1) is 12.7. The Bertz CT molecular complexity index is 896. The molecule has 3 rings (SSSR count). The van der Waals surface area contributed by atoms with Crippen molar-refractivity contribution in [2.24, 2.45) is 0 Å². The highest BCUT2D eigenvalue weighted by Crippen LogP contribution is 2.30. The van der Waals surface area contributed by atoms with Crippen molar-refractivity contribution in [2.75, 3.05) is 13.2 Å². The van der Waals surface area contributed by atoms with Gasteiger partial charge in [0, 0.05) is 0 Å². The second-order valence-corrected chi connectivity index (χ2v) is 5.74. The second-order valence-electron chi connectivity index (χ2n) is 5.74. The van der Waals surface area contributed by atoms with Crippen LogP contribution in [0.3, 0.4) is 0 Å². The predicted octanol–water partition coefficient (Wildman–Crippen LogP) is 4.99. The molecule has 0 unspecified atom stereocenters. The Hall–Kier alpha value is -3.01. The van der Waals surface area contributed by atoms with Crippen molar-refractivity contribution >= 4 is 16.7 Å². The molecule has 0 N–H and O–H groups in total. The Kier molecular flexibility index (Phi) is 5.74. The second kappa shape index (κ2) is 8.39. The summed E-state index contributed by atoms with van der Waals surface area (Å²) in [6.45, 7) is 4.91. The van der Waals surface area contributed by atoms with Crippen LogP contribution in [0.1, 0.15) is 29.8 Å². The van der Waals surface area contributed by atoms with E-state index < -0.39 is 0 Å². The number of benzene rings is 3. The number of ether oxygens (including phenoxy) is 3. The molecule has 0 bridgehead atoms. The number of esters is 1. The molecule has 26 heavy (non-hydrogen) atoms. The highest BCUT2D eigenvalue weighted by Gasteiger charge is 2.13. The molecule has 0 saturated carbocycles. The molecule has 0 saturated heterocycles. The topological polar surface area (TPSA) is 44.8 Å². The number of hydrogen-bond acceptors (Lipinski definition) is 4. The van der Waals surface area contributed by atoms with Crippen molar-refractivity contribution in [3.8, 4) is 11.5 Å². The molecule has 0 atom stereocenters. The van der Waals surface area contributed by atoms with Gasteiger partial charge in [-0.2, -0.15) is 0 Å². The van der Waals surface area contributed by atoms with Gasteiger partial charge < -0.3 is 14.2 Å². The van der Waals surface area contributed by atoms with Crippen LogP contribution in [-0.2, 0) is 11.3 Å². The molecule has 0 radical (unpaired) electrons. The maximum atomic E-state index is 11.9. The summed E-state index contributed by atoms with van der Waals surface area (Å²) >= 11 is 0. The molecule has 4 nitrogen and oxygen atoms in total. The van der Waals surface area contributed by atoms with E-state index >= 15 is 0 Å². The van der Waals surface area contributed by atoms with Gasteiger partial charge in [-0.15, -0.1) is 0 Å². The van der Waals surface area contributed by atoms with Gasteiger partial charge in [0.2, 0.25) is 0 Å². The van der Waals surface area contributed by atoms with E-state index in [1.165, 1.54) is 5.39 Å². The number of fused-ring (bicyclic) bond motifs is 1. The zero-order chi connectivity index (χ0) is 18.4. The maximum Gasteiger partial charge on any atom is 0.338 e. The van der Waals surface area contributed by atoms with Crippen molar-refractivity contribution in [3.05, 3.63) is 71.8 Å². The third kappa shape index (κ3) is 3.97.